The molecular formula is C15H15N3O5. The fourth-order valence-electron chi connectivity index (χ4n) is 1.52. The van der Waals surface area contributed by atoms with E-state index in [1.165, 1.54) is 18.5 Å². The molecule has 2 amide bonds. The van der Waals surface area contributed by atoms with Crippen LogP contribution in [0.3, 0.4) is 0 Å². The molecule has 120 valence electrons. The molecule has 0 saturated carbocycles. The third-order valence-electron chi connectivity index (χ3n) is 2.65. The van der Waals surface area contributed by atoms with E-state index in [4.69, 9.17) is 14.0 Å². The quantitative estimate of drug-likeness (QED) is 0.613. The highest BCUT2D eigenvalue weighted by Crippen LogP contribution is 2.09. The summed E-state index contributed by atoms with van der Waals surface area (Å²) in [5.74, 6) is -0.305. The summed E-state index contributed by atoms with van der Waals surface area (Å²) >= 11 is 0. The summed E-state index contributed by atoms with van der Waals surface area (Å²) in [7, 11) is 1.58. The maximum absolute atomic E-state index is 11.5. The van der Waals surface area contributed by atoms with Gasteiger partial charge in [-0.1, -0.05) is 5.16 Å². The van der Waals surface area contributed by atoms with Crippen LogP contribution < -0.4 is 15.6 Å². The zero-order chi connectivity index (χ0) is 16.5. The van der Waals surface area contributed by atoms with Gasteiger partial charge in [0.1, 0.15) is 5.75 Å². The number of methoxy groups -OCH3 is 1. The van der Waals surface area contributed by atoms with Crippen LogP contribution in [0.2, 0.25) is 0 Å². The minimum absolute atomic E-state index is 0.0868. The molecule has 2 aromatic rings. The summed E-state index contributed by atoms with van der Waals surface area (Å²) in [6, 6.07) is 10.2. The van der Waals surface area contributed by atoms with Gasteiger partial charge < -0.3 is 14.0 Å². The molecule has 2 N–H and O–H groups in total. The summed E-state index contributed by atoms with van der Waals surface area (Å²) < 4.78 is 9.89. The lowest BCUT2D eigenvalue weighted by Crippen LogP contribution is -2.43. The molecule has 2 rings (SSSR count). The number of hydrazine groups is 1. The van der Waals surface area contributed by atoms with Gasteiger partial charge in [0.25, 0.3) is 5.91 Å². The number of oxime groups is 1. The zero-order valence-corrected chi connectivity index (χ0v) is 12.3. The standard InChI is InChI=1S/C15H15N3O5/c1-21-12-6-4-11(5-7-12)9-16-23-10-14(19)17-18-15(20)13-3-2-8-22-13/h2-9H,10H2,1H3,(H,17,19)(H,18,20)/b16-9-. The van der Waals surface area contributed by atoms with Crippen LogP contribution >= 0.6 is 0 Å². The van der Waals surface area contributed by atoms with Gasteiger partial charge in [-0.25, -0.2) is 0 Å². The number of benzene rings is 1. The van der Waals surface area contributed by atoms with Crippen molar-refractivity contribution in [1.82, 2.24) is 10.9 Å². The van der Waals surface area contributed by atoms with Crippen molar-refractivity contribution >= 4 is 18.0 Å². The van der Waals surface area contributed by atoms with Crippen molar-refractivity contribution in [3.63, 3.8) is 0 Å². The molecule has 0 aliphatic heterocycles. The maximum Gasteiger partial charge on any atom is 0.305 e. The second kappa shape index (κ2) is 8.23. The second-order valence-electron chi connectivity index (χ2n) is 4.26. The Morgan fingerprint density at radius 1 is 1.22 bits per heavy atom. The number of ether oxygens (including phenoxy) is 1. The third kappa shape index (κ3) is 5.20. The van der Waals surface area contributed by atoms with Gasteiger partial charge in [-0.2, -0.15) is 0 Å². The second-order valence-corrected chi connectivity index (χ2v) is 4.26. The molecule has 1 heterocycles. The Kier molecular flexibility index (Phi) is 5.75. The van der Waals surface area contributed by atoms with E-state index in [1.54, 1.807) is 37.4 Å². The molecule has 0 atom stereocenters. The molecule has 1 aromatic heterocycles. The Labute approximate surface area is 132 Å². The van der Waals surface area contributed by atoms with E-state index >= 15 is 0 Å². The molecule has 0 saturated heterocycles. The highest BCUT2D eigenvalue weighted by molar-refractivity contribution is 5.92. The van der Waals surface area contributed by atoms with E-state index in [0.29, 0.717) is 0 Å². The van der Waals surface area contributed by atoms with E-state index in [0.717, 1.165) is 11.3 Å². The molecule has 0 bridgehead atoms. The Balaban J connectivity index is 1.67. The highest BCUT2D eigenvalue weighted by atomic mass is 16.6. The first-order valence-corrected chi connectivity index (χ1v) is 6.61. The summed E-state index contributed by atoms with van der Waals surface area (Å²) in [5, 5.41) is 3.66. The van der Waals surface area contributed by atoms with Gasteiger partial charge in [-0.15, -0.1) is 0 Å². The minimum Gasteiger partial charge on any atom is -0.497 e. The van der Waals surface area contributed by atoms with E-state index in [-0.39, 0.29) is 12.4 Å². The normalized spacial score (nSPS) is 10.3. The molecule has 8 nitrogen and oxygen atoms in total. The van der Waals surface area contributed by atoms with Crippen molar-refractivity contribution in [3.8, 4) is 5.75 Å². The monoisotopic (exact) mass is 317 g/mol. The molecule has 0 spiro atoms. The first-order chi connectivity index (χ1) is 11.2. The average Bonchev–Trinajstić information content (AvgIpc) is 3.12. The molecule has 23 heavy (non-hydrogen) atoms. The highest BCUT2D eigenvalue weighted by Gasteiger charge is 2.09. The molecule has 0 unspecified atom stereocenters. The lowest BCUT2D eigenvalue weighted by molar-refractivity contribution is -0.126. The number of nitrogens with one attached hydrogen (secondary N) is 2. The fourth-order valence-corrected chi connectivity index (χ4v) is 1.52. The predicted octanol–water partition coefficient (Wildman–Crippen LogP) is 1.10. The first-order valence-electron chi connectivity index (χ1n) is 6.61. The molecule has 0 fully saturated rings. The van der Waals surface area contributed by atoms with Crippen molar-refractivity contribution < 1.29 is 23.6 Å². The van der Waals surface area contributed by atoms with Crippen LogP contribution in [-0.2, 0) is 9.63 Å². The third-order valence-corrected chi connectivity index (χ3v) is 2.65. The molecule has 0 aliphatic rings. The van der Waals surface area contributed by atoms with E-state index in [1.807, 2.05) is 0 Å². The smallest absolute Gasteiger partial charge is 0.305 e. The van der Waals surface area contributed by atoms with Crippen molar-refractivity contribution in [2.24, 2.45) is 5.16 Å². The van der Waals surface area contributed by atoms with Gasteiger partial charge in [-0.05, 0) is 42.0 Å². The summed E-state index contributed by atoms with van der Waals surface area (Å²) in [5.41, 5.74) is 5.14. The molecule has 0 radical (unpaired) electrons. The van der Waals surface area contributed by atoms with Gasteiger partial charge in [-0.3, -0.25) is 20.4 Å². The van der Waals surface area contributed by atoms with E-state index < -0.39 is 11.8 Å². The zero-order valence-electron chi connectivity index (χ0n) is 12.3. The Morgan fingerprint density at radius 2 is 2.00 bits per heavy atom. The Bertz CT molecular complexity index is 665. The van der Waals surface area contributed by atoms with Crippen LogP contribution in [0.5, 0.6) is 5.75 Å². The van der Waals surface area contributed by atoms with Crippen LogP contribution in [0, 0.1) is 0 Å². The number of hydrogen-bond acceptors (Lipinski definition) is 6. The lowest BCUT2D eigenvalue weighted by Gasteiger charge is -2.04. The van der Waals surface area contributed by atoms with Gasteiger partial charge in [0.15, 0.2) is 12.4 Å². The lowest BCUT2D eigenvalue weighted by atomic mass is 10.2. The predicted molar refractivity (Wildman–Crippen MR) is 80.9 cm³/mol. The molecule has 0 aliphatic carbocycles. The van der Waals surface area contributed by atoms with E-state index in [9.17, 15) is 9.59 Å². The number of rotatable bonds is 6. The van der Waals surface area contributed by atoms with Crippen LogP contribution in [0.1, 0.15) is 16.1 Å². The SMILES string of the molecule is COc1ccc(/C=N\OCC(=O)NNC(=O)c2ccco2)cc1. The number of carbonyl (C=O) groups excluding carboxylic acids is 2. The number of nitrogens with zero attached hydrogens (tertiary/aromatic N) is 1. The number of furan rings is 1. The molecule has 1 aromatic carbocycles. The summed E-state index contributed by atoms with van der Waals surface area (Å²) in [4.78, 5) is 27.7. The fraction of sp³-hybridized carbons (Fsp3) is 0.133. The van der Waals surface area contributed by atoms with E-state index in [2.05, 4.69) is 16.0 Å². The molecular weight excluding hydrogens is 302 g/mol. The van der Waals surface area contributed by atoms with Crippen LogP contribution in [0.15, 0.2) is 52.2 Å². The summed E-state index contributed by atoms with van der Waals surface area (Å²) in [6.07, 6.45) is 2.81. The van der Waals surface area contributed by atoms with Crippen molar-refractivity contribution in [3.05, 3.63) is 54.0 Å². The van der Waals surface area contributed by atoms with Gasteiger partial charge in [0.2, 0.25) is 0 Å². The Morgan fingerprint density at radius 3 is 2.65 bits per heavy atom. The van der Waals surface area contributed by atoms with Gasteiger partial charge in [0.05, 0.1) is 19.6 Å². The minimum atomic E-state index is -0.565. The van der Waals surface area contributed by atoms with Gasteiger partial charge in [0, 0.05) is 0 Å². The van der Waals surface area contributed by atoms with Crippen LogP contribution in [-0.4, -0.2) is 31.7 Å². The number of amides is 2. The van der Waals surface area contributed by atoms with Crippen molar-refractivity contribution in [2.45, 2.75) is 0 Å². The van der Waals surface area contributed by atoms with Crippen LogP contribution in [0.4, 0.5) is 0 Å². The number of carbonyl (C=O) groups is 2. The van der Waals surface area contributed by atoms with Crippen molar-refractivity contribution in [1.29, 1.82) is 0 Å². The molecule has 8 heteroatoms. The largest absolute Gasteiger partial charge is 0.497 e. The van der Waals surface area contributed by atoms with Gasteiger partial charge >= 0.3 is 5.91 Å². The topological polar surface area (TPSA) is 102 Å². The first kappa shape index (κ1) is 16.1. The van der Waals surface area contributed by atoms with Crippen molar-refractivity contribution in [2.75, 3.05) is 13.7 Å². The summed E-state index contributed by atoms with van der Waals surface area (Å²) in [6.45, 7) is -0.342. The number of hydrogen-bond donors (Lipinski definition) is 2. The Hall–Kier alpha value is -3.29. The average molecular weight is 317 g/mol. The van der Waals surface area contributed by atoms with Crippen LogP contribution in [0.25, 0.3) is 0 Å². The maximum atomic E-state index is 11.5.